The van der Waals surface area contributed by atoms with Gasteiger partial charge in [-0.1, -0.05) is 18.7 Å². The van der Waals surface area contributed by atoms with Crippen LogP contribution in [0.25, 0.3) is 6.08 Å². The Hall–Kier alpha value is -1.77. The van der Waals surface area contributed by atoms with Gasteiger partial charge in [-0.3, -0.25) is 4.79 Å². The van der Waals surface area contributed by atoms with E-state index in [0.717, 1.165) is 11.1 Å². The van der Waals surface area contributed by atoms with Crippen molar-refractivity contribution in [3.63, 3.8) is 0 Å². The predicted octanol–water partition coefficient (Wildman–Crippen LogP) is 1.63. The van der Waals surface area contributed by atoms with Crippen LogP contribution >= 0.6 is 0 Å². The summed E-state index contributed by atoms with van der Waals surface area (Å²) in [6.07, 6.45) is 1.93. The van der Waals surface area contributed by atoms with Crippen LogP contribution in [0.3, 0.4) is 0 Å². The molecule has 3 nitrogen and oxygen atoms in total. The highest BCUT2D eigenvalue weighted by Crippen LogP contribution is 2.13. The molecule has 0 aliphatic carbocycles. The minimum absolute atomic E-state index is 0.238. The fourth-order valence-electron chi connectivity index (χ4n) is 1.20. The number of methoxy groups -OCH3 is 1. The summed E-state index contributed by atoms with van der Waals surface area (Å²) in [7, 11) is 1.36. The topological polar surface area (TPSA) is 52.3 Å². The number of nitrogen functional groups attached to an aromatic ring is 1. The van der Waals surface area contributed by atoms with Gasteiger partial charge in [0.15, 0.2) is 0 Å². The Kier molecular flexibility index (Phi) is 3.29. The van der Waals surface area contributed by atoms with Crippen LogP contribution in [-0.2, 0) is 16.0 Å². The van der Waals surface area contributed by atoms with Gasteiger partial charge in [-0.15, -0.1) is 0 Å². The van der Waals surface area contributed by atoms with Gasteiger partial charge in [0.1, 0.15) is 0 Å². The van der Waals surface area contributed by atoms with Crippen LogP contribution < -0.4 is 5.73 Å². The maximum Gasteiger partial charge on any atom is 0.309 e. The summed E-state index contributed by atoms with van der Waals surface area (Å²) in [6, 6.07) is 5.41. The molecule has 1 aromatic carbocycles. The van der Waals surface area contributed by atoms with Crippen molar-refractivity contribution in [2.75, 3.05) is 12.8 Å². The molecule has 0 radical (unpaired) electrons. The highest BCUT2D eigenvalue weighted by atomic mass is 16.5. The highest BCUT2D eigenvalue weighted by molar-refractivity contribution is 5.73. The van der Waals surface area contributed by atoms with Gasteiger partial charge in [0.05, 0.1) is 13.5 Å². The van der Waals surface area contributed by atoms with Crippen molar-refractivity contribution in [2.24, 2.45) is 0 Å². The lowest BCUT2D eigenvalue weighted by molar-refractivity contribution is -0.139. The molecule has 0 spiro atoms. The summed E-state index contributed by atoms with van der Waals surface area (Å²) in [5, 5.41) is 0. The van der Waals surface area contributed by atoms with E-state index < -0.39 is 0 Å². The molecule has 2 N–H and O–H groups in total. The summed E-state index contributed by atoms with van der Waals surface area (Å²) in [5.74, 6) is -0.273. The normalized spacial score (nSPS) is 9.50. The van der Waals surface area contributed by atoms with Crippen molar-refractivity contribution in [3.8, 4) is 0 Å². The molecule has 0 heterocycles. The SMILES string of the molecule is C=Cc1cc(N)cc(CC(=O)OC)c1. The number of ether oxygens (including phenoxy) is 1. The van der Waals surface area contributed by atoms with E-state index in [1.807, 2.05) is 6.07 Å². The third-order valence-electron chi connectivity index (χ3n) is 1.85. The van der Waals surface area contributed by atoms with Crippen LogP contribution in [0.15, 0.2) is 24.8 Å². The molecule has 0 unspecified atom stereocenters. The van der Waals surface area contributed by atoms with Gasteiger partial charge in [0.25, 0.3) is 0 Å². The Labute approximate surface area is 83.2 Å². The molecule has 0 amide bonds. The van der Waals surface area contributed by atoms with Gasteiger partial charge in [0.2, 0.25) is 0 Å². The number of nitrogens with two attached hydrogens (primary N) is 1. The Morgan fingerprint density at radius 2 is 2.29 bits per heavy atom. The zero-order valence-electron chi connectivity index (χ0n) is 8.12. The van der Waals surface area contributed by atoms with Crippen LogP contribution in [-0.4, -0.2) is 13.1 Å². The summed E-state index contributed by atoms with van der Waals surface area (Å²) >= 11 is 0. The van der Waals surface area contributed by atoms with Gasteiger partial charge < -0.3 is 10.5 Å². The van der Waals surface area contributed by atoms with E-state index in [1.54, 1.807) is 18.2 Å². The first-order valence-corrected chi connectivity index (χ1v) is 4.24. The fourth-order valence-corrected chi connectivity index (χ4v) is 1.20. The van der Waals surface area contributed by atoms with Crippen molar-refractivity contribution < 1.29 is 9.53 Å². The highest BCUT2D eigenvalue weighted by Gasteiger charge is 2.03. The maximum atomic E-state index is 11.0. The minimum Gasteiger partial charge on any atom is -0.469 e. The average Bonchev–Trinajstić information content (AvgIpc) is 2.16. The van der Waals surface area contributed by atoms with Crippen molar-refractivity contribution in [2.45, 2.75) is 6.42 Å². The molecular formula is C11H13NO2. The molecule has 14 heavy (non-hydrogen) atoms. The molecule has 0 fully saturated rings. The summed E-state index contributed by atoms with van der Waals surface area (Å²) in [5.41, 5.74) is 8.02. The smallest absolute Gasteiger partial charge is 0.309 e. The molecule has 0 aromatic heterocycles. The molecule has 3 heteroatoms. The Morgan fingerprint density at radius 3 is 2.86 bits per heavy atom. The average molecular weight is 191 g/mol. The quantitative estimate of drug-likeness (QED) is 0.583. The van der Waals surface area contributed by atoms with Gasteiger partial charge in [-0.25, -0.2) is 0 Å². The summed E-state index contributed by atoms with van der Waals surface area (Å²) in [6.45, 7) is 3.64. The third-order valence-corrected chi connectivity index (χ3v) is 1.85. The lowest BCUT2D eigenvalue weighted by Gasteiger charge is -2.03. The van der Waals surface area contributed by atoms with Crippen molar-refractivity contribution in [1.82, 2.24) is 0 Å². The largest absolute Gasteiger partial charge is 0.469 e. The van der Waals surface area contributed by atoms with Gasteiger partial charge in [-0.05, 0) is 23.3 Å². The van der Waals surface area contributed by atoms with Gasteiger partial charge >= 0.3 is 5.97 Å². The second-order valence-electron chi connectivity index (χ2n) is 2.96. The number of anilines is 1. The molecule has 74 valence electrons. The number of carbonyl (C=O) groups is 1. The molecule has 0 saturated carbocycles. The minimum atomic E-state index is -0.273. The zero-order valence-corrected chi connectivity index (χ0v) is 8.12. The molecule has 0 aliphatic rings. The Bertz CT molecular complexity index is 358. The second-order valence-corrected chi connectivity index (χ2v) is 2.96. The predicted molar refractivity (Wildman–Crippen MR) is 56.7 cm³/mol. The van der Waals surface area contributed by atoms with Crippen LogP contribution in [0.5, 0.6) is 0 Å². The zero-order chi connectivity index (χ0) is 10.6. The number of hydrogen-bond donors (Lipinski definition) is 1. The number of carbonyl (C=O) groups excluding carboxylic acids is 1. The Balaban J connectivity index is 2.91. The number of rotatable bonds is 3. The lowest BCUT2D eigenvalue weighted by atomic mass is 10.1. The van der Waals surface area contributed by atoms with Gasteiger partial charge in [-0.2, -0.15) is 0 Å². The molecule has 0 bridgehead atoms. The first-order valence-electron chi connectivity index (χ1n) is 4.24. The molecule has 0 atom stereocenters. The standard InChI is InChI=1S/C11H13NO2/c1-3-8-4-9(6-10(12)5-8)7-11(13)14-2/h3-6H,1,7,12H2,2H3. The van der Waals surface area contributed by atoms with E-state index >= 15 is 0 Å². The van der Waals surface area contributed by atoms with Crippen molar-refractivity contribution >= 4 is 17.7 Å². The molecule has 1 rings (SSSR count). The van der Waals surface area contributed by atoms with Crippen molar-refractivity contribution in [1.29, 1.82) is 0 Å². The van der Waals surface area contributed by atoms with E-state index in [0.29, 0.717) is 5.69 Å². The lowest BCUT2D eigenvalue weighted by Crippen LogP contribution is -2.05. The van der Waals surface area contributed by atoms with E-state index in [4.69, 9.17) is 5.73 Å². The first kappa shape index (κ1) is 10.3. The van der Waals surface area contributed by atoms with Crippen molar-refractivity contribution in [3.05, 3.63) is 35.9 Å². The fraction of sp³-hybridized carbons (Fsp3) is 0.182. The number of hydrogen-bond acceptors (Lipinski definition) is 3. The van der Waals surface area contributed by atoms with E-state index in [9.17, 15) is 4.79 Å². The molecular weight excluding hydrogens is 178 g/mol. The van der Waals surface area contributed by atoms with E-state index in [-0.39, 0.29) is 12.4 Å². The molecule has 1 aromatic rings. The maximum absolute atomic E-state index is 11.0. The van der Waals surface area contributed by atoms with Gasteiger partial charge in [0, 0.05) is 5.69 Å². The summed E-state index contributed by atoms with van der Waals surface area (Å²) in [4.78, 5) is 11.0. The van der Waals surface area contributed by atoms with Crippen LogP contribution in [0, 0.1) is 0 Å². The van der Waals surface area contributed by atoms with Crippen LogP contribution in [0.1, 0.15) is 11.1 Å². The first-order chi connectivity index (χ1) is 6.65. The molecule has 0 aliphatic heterocycles. The van der Waals surface area contributed by atoms with Crippen LogP contribution in [0.4, 0.5) is 5.69 Å². The number of benzene rings is 1. The molecule has 0 saturated heterocycles. The number of esters is 1. The third kappa shape index (κ3) is 2.62. The second kappa shape index (κ2) is 4.46. The van der Waals surface area contributed by atoms with E-state index in [2.05, 4.69) is 11.3 Å². The Morgan fingerprint density at radius 1 is 1.57 bits per heavy atom. The monoisotopic (exact) mass is 191 g/mol. The van der Waals surface area contributed by atoms with Crippen LogP contribution in [0.2, 0.25) is 0 Å². The van der Waals surface area contributed by atoms with E-state index in [1.165, 1.54) is 7.11 Å². The summed E-state index contributed by atoms with van der Waals surface area (Å²) < 4.78 is 4.56.